The summed E-state index contributed by atoms with van der Waals surface area (Å²) in [5.74, 6) is -1.16. The summed E-state index contributed by atoms with van der Waals surface area (Å²) in [7, 11) is 0. The highest BCUT2D eigenvalue weighted by atomic mass is 16.4. The van der Waals surface area contributed by atoms with Crippen LogP contribution in [-0.2, 0) is 6.54 Å². The van der Waals surface area contributed by atoms with E-state index in [2.05, 4.69) is 10.3 Å². The van der Waals surface area contributed by atoms with E-state index in [0.717, 1.165) is 0 Å². The molecule has 7 heteroatoms. The quantitative estimate of drug-likeness (QED) is 0.717. The molecule has 0 spiro atoms. The summed E-state index contributed by atoms with van der Waals surface area (Å²) in [4.78, 5) is 11.3. The summed E-state index contributed by atoms with van der Waals surface area (Å²) in [5.41, 5.74) is 6.08. The summed E-state index contributed by atoms with van der Waals surface area (Å²) in [6.07, 6.45) is 0.510. The molecule has 0 aliphatic rings. The average molecular weight is 290 g/mol. The molecular weight excluding hydrogens is 272 g/mol. The fraction of sp³-hybridized carbons (Fsp3) is 0.357. The standard InChI is InChI=1S/C14H18N4O3/c1-3-14(2,21)8-18-12(11(13(19)20)16-17-18)9-4-6-10(15)7-5-9/h4-7,21H,3,8,15H2,1-2H3,(H,19,20). The SMILES string of the molecule is CCC(C)(O)Cn1nnc(C(=O)O)c1-c1ccc(N)cc1. The maximum atomic E-state index is 11.3. The first-order valence-electron chi connectivity index (χ1n) is 6.59. The van der Waals surface area contributed by atoms with Gasteiger partial charge in [-0.05, 0) is 25.5 Å². The molecule has 0 radical (unpaired) electrons. The number of carboxylic acids is 1. The monoisotopic (exact) mass is 290 g/mol. The van der Waals surface area contributed by atoms with Gasteiger partial charge in [-0.1, -0.05) is 24.3 Å². The number of nitrogens with two attached hydrogens (primary N) is 1. The van der Waals surface area contributed by atoms with Crippen LogP contribution in [0.2, 0.25) is 0 Å². The highest BCUT2D eigenvalue weighted by Crippen LogP contribution is 2.25. The minimum Gasteiger partial charge on any atom is -0.476 e. The van der Waals surface area contributed by atoms with Crippen molar-refractivity contribution in [3.05, 3.63) is 30.0 Å². The molecule has 1 heterocycles. The molecule has 7 nitrogen and oxygen atoms in total. The maximum Gasteiger partial charge on any atom is 0.358 e. The summed E-state index contributed by atoms with van der Waals surface area (Å²) in [6, 6.07) is 6.77. The van der Waals surface area contributed by atoms with Crippen molar-refractivity contribution < 1.29 is 15.0 Å². The van der Waals surface area contributed by atoms with E-state index < -0.39 is 11.6 Å². The number of hydrogen-bond donors (Lipinski definition) is 3. The number of carbonyl (C=O) groups is 1. The number of anilines is 1. The van der Waals surface area contributed by atoms with Crippen molar-refractivity contribution >= 4 is 11.7 Å². The zero-order valence-electron chi connectivity index (χ0n) is 11.9. The third-order valence-electron chi connectivity index (χ3n) is 3.37. The Morgan fingerprint density at radius 2 is 2.00 bits per heavy atom. The normalized spacial score (nSPS) is 13.9. The van der Waals surface area contributed by atoms with Gasteiger partial charge in [0.15, 0.2) is 5.69 Å². The molecule has 1 atom stereocenters. The zero-order chi connectivity index (χ0) is 15.6. The van der Waals surface area contributed by atoms with E-state index in [1.54, 1.807) is 31.2 Å². The lowest BCUT2D eigenvalue weighted by Gasteiger charge is -2.21. The fourth-order valence-electron chi connectivity index (χ4n) is 1.93. The number of benzene rings is 1. The average Bonchev–Trinajstić information content (AvgIpc) is 2.83. The van der Waals surface area contributed by atoms with Gasteiger partial charge in [-0.3, -0.25) is 0 Å². The van der Waals surface area contributed by atoms with Gasteiger partial charge in [-0.25, -0.2) is 9.48 Å². The molecule has 2 aromatic rings. The van der Waals surface area contributed by atoms with Crippen LogP contribution in [0, 0.1) is 0 Å². The Bertz CT molecular complexity index is 647. The Kier molecular flexibility index (Phi) is 3.95. The molecule has 0 fully saturated rings. The summed E-state index contributed by atoms with van der Waals surface area (Å²) < 4.78 is 1.42. The van der Waals surface area contributed by atoms with Gasteiger partial charge in [0.1, 0.15) is 5.69 Å². The minimum absolute atomic E-state index is 0.147. The first-order valence-corrected chi connectivity index (χ1v) is 6.59. The van der Waals surface area contributed by atoms with E-state index in [1.165, 1.54) is 4.68 Å². The number of carboxylic acid groups (broad SMARTS) is 1. The zero-order valence-corrected chi connectivity index (χ0v) is 11.9. The Morgan fingerprint density at radius 1 is 1.38 bits per heavy atom. The van der Waals surface area contributed by atoms with E-state index in [0.29, 0.717) is 23.4 Å². The van der Waals surface area contributed by atoms with E-state index in [1.807, 2.05) is 6.92 Å². The molecule has 1 unspecified atom stereocenters. The fourth-order valence-corrected chi connectivity index (χ4v) is 1.93. The molecule has 112 valence electrons. The van der Waals surface area contributed by atoms with E-state index in [9.17, 15) is 15.0 Å². The molecule has 0 aliphatic heterocycles. The lowest BCUT2D eigenvalue weighted by molar-refractivity contribution is 0.0344. The predicted molar refractivity (Wildman–Crippen MR) is 77.7 cm³/mol. The highest BCUT2D eigenvalue weighted by molar-refractivity contribution is 5.92. The van der Waals surface area contributed by atoms with Gasteiger partial charge in [0.25, 0.3) is 0 Å². The van der Waals surface area contributed by atoms with Crippen molar-refractivity contribution in [2.24, 2.45) is 0 Å². The van der Waals surface area contributed by atoms with E-state index in [4.69, 9.17) is 5.73 Å². The van der Waals surface area contributed by atoms with Crippen LogP contribution >= 0.6 is 0 Å². The molecule has 2 rings (SSSR count). The molecule has 1 aromatic heterocycles. The number of nitrogens with zero attached hydrogens (tertiary/aromatic N) is 3. The Balaban J connectivity index is 2.52. The molecule has 0 saturated carbocycles. The van der Waals surface area contributed by atoms with Crippen LogP contribution < -0.4 is 5.73 Å². The second-order valence-corrected chi connectivity index (χ2v) is 5.22. The van der Waals surface area contributed by atoms with Crippen LogP contribution in [0.1, 0.15) is 30.8 Å². The molecule has 0 amide bonds. The van der Waals surface area contributed by atoms with Gasteiger partial charge in [-0.15, -0.1) is 5.10 Å². The van der Waals surface area contributed by atoms with Crippen LogP contribution in [-0.4, -0.2) is 36.8 Å². The van der Waals surface area contributed by atoms with E-state index in [-0.39, 0.29) is 12.2 Å². The molecule has 0 aliphatic carbocycles. The van der Waals surface area contributed by atoms with Gasteiger partial charge in [0.05, 0.1) is 12.1 Å². The lowest BCUT2D eigenvalue weighted by Crippen LogP contribution is -2.30. The van der Waals surface area contributed by atoms with Gasteiger partial charge in [0, 0.05) is 11.3 Å². The number of aromatic carboxylic acids is 1. The van der Waals surface area contributed by atoms with Crippen LogP contribution in [0.3, 0.4) is 0 Å². The lowest BCUT2D eigenvalue weighted by atomic mass is 10.0. The van der Waals surface area contributed by atoms with Gasteiger partial charge in [0.2, 0.25) is 0 Å². The Morgan fingerprint density at radius 3 is 2.52 bits per heavy atom. The van der Waals surface area contributed by atoms with Crippen LogP contribution in [0.15, 0.2) is 24.3 Å². The smallest absolute Gasteiger partial charge is 0.358 e. The molecule has 4 N–H and O–H groups in total. The third kappa shape index (κ3) is 3.19. The molecule has 21 heavy (non-hydrogen) atoms. The number of hydrogen-bond acceptors (Lipinski definition) is 5. The Hall–Kier alpha value is -2.41. The molecule has 0 bridgehead atoms. The van der Waals surface area contributed by atoms with Gasteiger partial charge >= 0.3 is 5.97 Å². The second-order valence-electron chi connectivity index (χ2n) is 5.22. The molecule has 0 saturated heterocycles. The van der Waals surface area contributed by atoms with Crippen LogP contribution in [0.5, 0.6) is 0 Å². The van der Waals surface area contributed by atoms with Gasteiger partial charge < -0.3 is 15.9 Å². The summed E-state index contributed by atoms with van der Waals surface area (Å²) in [6.45, 7) is 3.67. The maximum absolute atomic E-state index is 11.3. The topological polar surface area (TPSA) is 114 Å². The number of rotatable bonds is 5. The summed E-state index contributed by atoms with van der Waals surface area (Å²) >= 11 is 0. The number of nitrogen functional groups attached to an aromatic ring is 1. The van der Waals surface area contributed by atoms with Crippen LogP contribution in [0.25, 0.3) is 11.3 Å². The number of aromatic nitrogens is 3. The first kappa shape index (κ1) is 15.0. The van der Waals surface area contributed by atoms with Crippen molar-refractivity contribution in [1.29, 1.82) is 0 Å². The Labute approximate surface area is 122 Å². The van der Waals surface area contributed by atoms with Crippen molar-refractivity contribution in [2.45, 2.75) is 32.4 Å². The molecule has 1 aromatic carbocycles. The summed E-state index contributed by atoms with van der Waals surface area (Å²) in [5, 5.41) is 27.0. The first-order chi connectivity index (χ1) is 9.84. The highest BCUT2D eigenvalue weighted by Gasteiger charge is 2.25. The van der Waals surface area contributed by atoms with Crippen molar-refractivity contribution in [3.63, 3.8) is 0 Å². The van der Waals surface area contributed by atoms with Crippen molar-refractivity contribution in [1.82, 2.24) is 15.0 Å². The van der Waals surface area contributed by atoms with Gasteiger partial charge in [-0.2, -0.15) is 0 Å². The second kappa shape index (κ2) is 5.53. The predicted octanol–water partition coefficient (Wildman–Crippen LogP) is 1.39. The minimum atomic E-state index is -1.16. The van der Waals surface area contributed by atoms with Crippen molar-refractivity contribution in [3.8, 4) is 11.3 Å². The van der Waals surface area contributed by atoms with Crippen LogP contribution in [0.4, 0.5) is 5.69 Å². The van der Waals surface area contributed by atoms with E-state index >= 15 is 0 Å². The largest absolute Gasteiger partial charge is 0.476 e. The third-order valence-corrected chi connectivity index (χ3v) is 3.37. The number of aliphatic hydroxyl groups is 1. The molecular formula is C14H18N4O3. The van der Waals surface area contributed by atoms with Crippen molar-refractivity contribution in [2.75, 3.05) is 5.73 Å².